The van der Waals surface area contributed by atoms with E-state index in [1.807, 2.05) is 24.3 Å². The second-order valence-corrected chi connectivity index (χ2v) is 5.04. The average molecular weight is 337 g/mol. The van der Waals surface area contributed by atoms with Crippen molar-refractivity contribution in [3.05, 3.63) is 41.3 Å². The minimum absolute atomic E-state index is 0.628. The molecule has 106 valence electrons. The number of hydrogen-bond acceptors (Lipinski definition) is 5. The van der Waals surface area contributed by atoms with Crippen molar-refractivity contribution in [2.24, 2.45) is 5.73 Å². The molecule has 0 atom stereocenters. The Morgan fingerprint density at radius 3 is 2.95 bits per heavy atom. The van der Waals surface area contributed by atoms with E-state index in [9.17, 15) is 0 Å². The molecule has 0 amide bonds. The highest BCUT2D eigenvalue weighted by atomic mass is 79.9. The van der Waals surface area contributed by atoms with Gasteiger partial charge in [0, 0.05) is 24.5 Å². The molecule has 5 nitrogen and oxygen atoms in total. The fraction of sp³-hybridized carbons (Fsp3) is 0.286. The van der Waals surface area contributed by atoms with Crippen LogP contribution in [0.5, 0.6) is 5.75 Å². The summed E-state index contributed by atoms with van der Waals surface area (Å²) < 4.78 is 6.13. The summed E-state index contributed by atoms with van der Waals surface area (Å²) in [5, 5.41) is 0. The van der Waals surface area contributed by atoms with Gasteiger partial charge in [-0.05, 0) is 41.0 Å². The van der Waals surface area contributed by atoms with Crippen molar-refractivity contribution in [1.82, 2.24) is 9.97 Å². The summed E-state index contributed by atoms with van der Waals surface area (Å²) in [6.45, 7) is 1.41. The Kier molecular flexibility index (Phi) is 5.31. The Balaban J connectivity index is 2.38. The van der Waals surface area contributed by atoms with Crippen LogP contribution in [0.1, 0.15) is 6.42 Å². The zero-order valence-electron chi connectivity index (χ0n) is 11.3. The van der Waals surface area contributed by atoms with E-state index in [0.29, 0.717) is 6.54 Å². The number of benzene rings is 1. The number of anilines is 2. The van der Waals surface area contributed by atoms with Gasteiger partial charge in [0.05, 0.1) is 11.6 Å². The Hall–Kier alpha value is -1.66. The molecular weight excluding hydrogens is 320 g/mol. The molecule has 6 heteroatoms. The summed E-state index contributed by atoms with van der Waals surface area (Å²) in [7, 11) is 1.66. The molecule has 0 aliphatic rings. The van der Waals surface area contributed by atoms with Crippen LogP contribution in [-0.4, -0.2) is 30.2 Å². The topological polar surface area (TPSA) is 64.3 Å². The van der Waals surface area contributed by atoms with Gasteiger partial charge in [-0.3, -0.25) is 0 Å². The van der Waals surface area contributed by atoms with Crippen LogP contribution in [0.25, 0.3) is 0 Å². The summed E-state index contributed by atoms with van der Waals surface area (Å²) in [6.07, 6.45) is 4.14. The first-order valence-corrected chi connectivity index (χ1v) is 7.12. The molecule has 1 heterocycles. The van der Waals surface area contributed by atoms with Crippen molar-refractivity contribution in [3.8, 4) is 5.75 Å². The summed E-state index contributed by atoms with van der Waals surface area (Å²) in [6, 6.07) is 7.87. The van der Waals surface area contributed by atoms with Gasteiger partial charge in [-0.15, -0.1) is 0 Å². The largest absolute Gasteiger partial charge is 0.497 e. The maximum atomic E-state index is 5.63. The molecule has 2 aromatic rings. The smallest absolute Gasteiger partial charge is 0.150 e. The van der Waals surface area contributed by atoms with E-state index in [4.69, 9.17) is 10.5 Å². The van der Waals surface area contributed by atoms with Crippen molar-refractivity contribution in [1.29, 1.82) is 0 Å². The number of hydrogen-bond donors (Lipinski definition) is 1. The number of aromatic nitrogens is 2. The van der Waals surface area contributed by atoms with Crippen LogP contribution in [-0.2, 0) is 0 Å². The molecule has 0 fully saturated rings. The van der Waals surface area contributed by atoms with E-state index in [1.54, 1.807) is 13.3 Å². The zero-order chi connectivity index (χ0) is 14.4. The Morgan fingerprint density at radius 2 is 2.25 bits per heavy atom. The van der Waals surface area contributed by atoms with E-state index in [2.05, 4.69) is 30.8 Å². The zero-order valence-corrected chi connectivity index (χ0v) is 12.9. The standard InChI is InChI=1S/C14H17BrN4O/c1-20-12-5-2-4-11(8-12)19(7-3-6-16)14-13(15)9-17-10-18-14/h2,4-5,8-10H,3,6-7,16H2,1H3. The molecule has 1 aromatic carbocycles. The lowest BCUT2D eigenvalue weighted by Crippen LogP contribution is -2.22. The first kappa shape index (κ1) is 14.7. The molecule has 0 saturated carbocycles. The molecule has 0 unspecified atom stereocenters. The van der Waals surface area contributed by atoms with E-state index >= 15 is 0 Å². The first-order chi connectivity index (χ1) is 9.76. The van der Waals surface area contributed by atoms with Gasteiger partial charge in [0.25, 0.3) is 0 Å². The molecule has 0 aliphatic heterocycles. The van der Waals surface area contributed by atoms with Gasteiger partial charge < -0.3 is 15.4 Å². The maximum Gasteiger partial charge on any atom is 0.150 e. The number of nitrogens with two attached hydrogens (primary N) is 1. The molecule has 0 bridgehead atoms. The fourth-order valence-corrected chi connectivity index (χ4v) is 2.32. The molecular formula is C14H17BrN4O. The molecule has 0 aliphatic carbocycles. The van der Waals surface area contributed by atoms with Crippen molar-refractivity contribution in [2.45, 2.75) is 6.42 Å². The molecule has 0 spiro atoms. The van der Waals surface area contributed by atoms with Crippen LogP contribution in [0.4, 0.5) is 11.5 Å². The summed E-state index contributed by atoms with van der Waals surface area (Å²) in [5.74, 6) is 1.63. The van der Waals surface area contributed by atoms with E-state index in [-0.39, 0.29) is 0 Å². The van der Waals surface area contributed by atoms with Crippen molar-refractivity contribution in [3.63, 3.8) is 0 Å². The number of rotatable bonds is 6. The Bertz CT molecular complexity index is 564. The van der Waals surface area contributed by atoms with E-state index in [1.165, 1.54) is 6.33 Å². The maximum absolute atomic E-state index is 5.63. The minimum atomic E-state index is 0.628. The summed E-state index contributed by atoms with van der Waals surface area (Å²) in [4.78, 5) is 10.4. The number of methoxy groups -OCH3 is 1. The second-order valence-electron chi connectivity index (χ2n) is 4.19. The lowest BCUT2D eigenvalue weighted by molar-refractivity contribution is 0.415. The van der Waals surface area contributed by atoms with Crippen LogP contribution in [0.3, 0.4) is 0 Å². The fourth-order valence-electron chi connectivity index (χ4n) is 1.89. The molecule has 2 rings (SSSR count). The average Bonchev–Trinajstić information content (AvgIpc) is 2.49. The van der Waals surface area contributed by atoms with Gasteiger partial charge in [-0.1, -0.05) is 6.07 Å². The normalized spacial score (nSPS) is 10.3. The van der Waals surface area contributed by atoms with Crippen LogP contribution in [0, 0.1) is 0 Å². The highest BCUT2D eigenvalue weighted by molar-refractivity contribution is 9.10. The third kappa shape index (κ3) is 3.46. The first-order valence-electron chi connectivity index (χ1n) is 6.33. The third-order valence-corrected chi connectivity index (χ3v) is 3.41. The van der Waals surface area contributed by atoms with Crippen molar-refractivity contribution in [2.75, 3.05) is 25.1 Å². The van der Waals surface area contributed by atoms with E-state index in [0.717, 1.165) is 34.7 Å². The van der Waals surface area contributed by atoms with Gasteiger partial charge in [-0.2, -0.15) is 0 Å². The molecule has 20 heavy (non-hydrogen) atoms. The van der Waals surface area contributed by atoms with Crippen LogP contribution >= 0.6 is 15.9 Å². The Morgan fingerprint density at radius 1 is 1.40 bits per heavy atom. The van der Waals surface area contributed by atoms with Gasteiger partial charge in [-0.25, -0.2) is 9.97 Å². The predicted octanol–water partition coefficient (Wildman–Crippen LogP) is 2.73. The summed E-state index contributed by atoms with van der Waals surface area (Å²) >= 11 is 3.49. The highest BCUT2D eigenvalue weighted by Gasteiger charge is 2.14. The van der Waals surface area contributed by atoms with Crippen molar-refractivity contribution >= 4 is 27.4 Å². The van der Waals surface area contributed by atoms with Crippen molar-refractivity contribution < 1.29 is 4.74 Å². The van der Waals surface area contributed by atoms with Crippen LogP contribution in [0.2, 0.25) is 0 Å². The molecule has 1 aromatic heterocycles. The molecule has 2 N–H and O–H groups in total. The number of nitrogens with zero attached hydrogens (tertiary/aromatic N) is 3. The predicted molar refractivity (Wildman–Crippen MR) is 83.4 cm³/mol. The second kappa shape index (κ2) is 7.21. The lowest BCUT2D eigenvalue weighted by Gasteiger charge is -2.24. The Labute approximate surface area is 126 Å². The van der Waals surface area contributed by atoms with E-state index < -0.39 is 0 Å². The SMILES string of the molecule is COc1cccc(N(CCCN)c2ncncc2Br)c1. The van der Waals surface area contributed by atoms with Gasteiger partial charge in [0.2, 0.25) is 0 Å². The number of halogens is 1. The van der Waals surface area contributed by atoms with Gasteiger partial charge >= 0.3 is 0 Å². The van der Waals surface area contributed by atoms with Crippen LogP contribution < -0.4 is 15.4 Å². The quantitative estimate of drug-likeness (QED) is 0.878. The van der Waals surface area contributed by atoms with Gasteiger partial charge in [0.1, 0.15) is 12.1 Å². The van der Waals surface area contributed by atoms with Gasteiger partial charge in [0.15, 0.2) is 5.82 Å². The molecule has 0 saturated heterocycles. The minimum Gasteiger partial charge on any atom is -0.497 e. The monoisotopic (exact) mass is 336 g/mol. The third-order valence-electron chi connectivity index (χ3n) is 2.85. The lowest BCUT2D eigenvalue weighted by atomic mass is 10.2. The van der Waals surface area contributed by atoms with Crippen LogP contribution in [0.15, 0.2) is 41.3 Å². The highest BCUT2D eigenvalue weighted by Crippen LogP contribution is 2.31. The number of ether oxygens (including phenoxy) is 1. The summed E-state index contributed by atoms with van der Waals surface area (Å²) in [5.41, 5.74) is 6.64. The molecule has 0 radical (unpaired) electrons.